The highest BCUT2D eigenvalue weighted by Gasteiger charge is 2.37. The average molecular weight is 375 g/mol. The minimum Gasteiger partial charge on any atom is -0.392 e. The maximum absolute atomic E-state index is 9.10. The van der Waals surface area contributed by atoms with E-state index in [1.54, 1.807) is 0 Å². The highest BCUT2D eigenvalue weighted by atomic mass is 16.2. The third-order valence-electron chi connectivity index (χ3n) is 6.39. The van der Waals surface area contributed by atoms with Crippen molar-refractivity contribution >= 4 is 6.08 Å². The molecular formula is C27H34O. The Morgan fingerprint density at radius 2 is 1.57 bits per heavy atom. The molecule has 0 spiro atoms. The first-order valence-corrected chi connectivity index (χ1v) is 10.4. The zero-order valence-electron chi connectivity index (χ0n) is 18.3. The molecule has 0 unspecified atom stereocenters. The summed E-state index contributed by atoms with van der Waals surface area (Å²) in [5, 5.41) is 9.10. The predicted octanol–water partition coefficient (Wildman–Crippen LogP) is 6.96. The van der Waals surface area contributed by atoms with Gasteiger partial charge >= 0.3 is 0 Å². The van der Waals surface area contributed by atoms with Crippen LogP contribution in [0.4, 0.5) is 0 Å². The first-order chi connectivity index (χ1) is 13.2. The standard InChI is InChI=1S/C27H34O/c1-19(13-16-28)11-12-21-9-7-8-10-22(21)23-18-25-24(17-20(23)2)26(3,4)14-15-27(25,5)6/h7-13,17-18,28H,14-16H2,1-6H3/b12-11?,19-13+. The summed E-state index contributed by atoms with van der Waals surface area (Å²) in [5.74, 6) is 0. The lowest BCUT2D eigenvalue weighted by Gasteiger charge is -2.42. The second-order valence-corrected chi connectivity index (χ2v) is 9.53. The molecule has 0 atom stereocenters. The normalized spacial score (nSPS) is 18.3. The molecule has 148 valence electrons. The summed E-state index contributed by atoms with van der Waals surface area (Å²) in [5.41, 5.74) is 9.68. The Balaban J connectivity index is 2.15. The molecule has 2 aromatic rings. The molecule has 28 heavy (non-hydrogen) atoms. The molecular weight excluding hydrogens is 340 g/mol. The zero-order chi connectivity index (χ0) is 20.5. The Labute approximate surface area is 170 Å². The van der Waals surface area contributed by atoms with E-state index in [0.29, 0.717) is 0 Å². The van der Waals surface area contributed by atoms with Crippen LogP contribution in [-0.2, 0) is 10.8 Å². The van der Waals surface area contributed by atoms with Gasteiger partial charge in [-0.15, -0.1) is 0 Å². The Hall–Kier alpha value is -2.12. The van der Waals surface area contributed by atoms with E-state index in [0.717, 1.165) is 5.57 Å². The van der Waals surface area contributed by atoms with Crippen LogP contribution in [-0.4, -0.2) is 11.7 Å². The SMILES string of the molecule is C/C(C=Cc1ccccc1-c1cc2c(cc1C)C(C)(C)CCC2(C)C)=C\CO. The highest BCUT2D eigenvalue weighted by Crippen LogP contribution is 2.47. The Morgan fingerprint density at radius 1 is 0.964 bits per heavy atom. The van der Waals surface area contributed by atoms with Crippen molar-refractivity contribution in [2.24, 2.45) is 0 Å². The van der Waals surface area contributed by atoms with E-state index >= 15 is 0 Å². The number of benzene rings is 2. The molecule has 0 saturated carbocycles. The van der Waals surface area contributed by atoms with Crippen molar-refractivity contribution in [3.63, 3.8) is 0 Å². The maximum Gasteiger partial charge on any atom is 0.0617 e. The largest absolute Gasteiger partial charge is 0.392 e. The first kappa shape index (κ1) is 20.6. The lowest BCUT2D eigenvalue weighted by molar-refractivity contribution is 0.332. The van der Waals surface area contributed by atoms with Crippen LogP contribution in [0.5, 0.6) is 0 Å². The summed E-state index contributed by atoms with van der Waals surface area (Å²) < 4.78 is 0. The van der Waals surface area contributed by atoms with Gasteiger partial charge in [0.05, 0.1) is 6.61 Å². The van der Waals surface area contributed by atoms with Gasteiger partial charge in [-0.1, -0.05) is 87.9 Å². The van der Waals surface area contributed by atoms with Crippen molar-refractivity contribution < 1.29 is 5.11 Å². The molecule has 1 N–H and O–H groups in total. The minimum absolute atomic E-state index is 0.0760. The molecule has 2 aromatic carbocycles. The van der Waals surface area contributed by atoms with Crippen LogP contribution in [0.25, 0.3) is 17.2 Å². The van der Waals surface area contributed by atoms with Crippen molar-refractivity contribution in [3.05, 3.63) is 76.4 Å². The van der Waals surface area contributed by atoms with Crippen LogP contribution in [0.2, 0.25) is 0 Å². The quantitative estimate of drug-likeness (QED) is 0.573. The van der Waals surface area contributed by atoms with E-state index in [1.807, 2.05) is 13.0 Å². The van der Waals surface area contributed by atoms with Crippen LogP contribution in [0.15, 0.2) is 54.1 Å². The molecule has 0 radical (unpaired) electrons. The van der Waals surface area contributed by atoms with Crippen LogP contribution in [0.1, 0.15) is 69.7 Å². The Morgan fingerprint density at radius 3 is 2.21 bits per heavy atom. The van der Waals surface area contributed by atoms with Gasteiger partial charge in [-0.2, -0.15) is 0 Å². The van der Waals surface area contributed by atoms with Crippen molar-refractivity contribution in [2.45, 2.75) is 65.2 Å². The molecule has 0 amide bonds. The molecule has 0 heterocycles. The van der Waals surface area contributed by atoms with Crippen LogP contribution >= 0.6 is 0 Å². The van der Waals surface area contributed by atoms with E-state index in [1.165, 1.54) is 46.2 Å². The third kappa shape index (κ3) is 4.00. The molecule has 0 fully saturated rings. The van der Waals surface area contributed by atoms with Gasteiger partial charge in [0.25, 0.3) is 0 Å². The van der Waals surface area contributed by atoms with Gasteiger partial charge in [0.2, 0.25) is 0 Å². The number of aliphatic hydroxyl groups is 1. The lowest BCUT2D eigenvalue weighted by Crippen LogP contribution is -2.34. The minimum atomic E-state index is 0.0760. The van der Waals surface area contributed by atoms with Crippen molar-refractivity contribution in [2.75, 3.05) is 6.61 Å². The monoisotopic (exact) mass is 374 g/mol. The predicted molar refractivity (Wildman–Crippen MR) is 122 cm³/mol. The van der Waals surface area contributed by atoms with Crippen LogP contribution in [0.3, 0.4) is 0 Å². The number of aryl methyl sites for hydroxylation is 1. The summed E-state index contributed by atoms with van der Waals surface area (Å²) in [4.78, 5) is 0. The average Bonchev–Trinajstić information content (AvgIpc) is 2.64. The summed E-state index contributed by atoms with van der Waals surface area (Å²) in [6, 6.07) is 13.5. The van der Waals surface area contributed by atoms with E-state index < -0.39 is 0 Å². The maximum atomic E-state index is 9.10. The van der Waals surface area contributed by atoms with Gasteiger partial charge in [-0.05, 0) is 70.9 Å². The van der Waals surface area contributed by atoms with E-state index in [4.69, 9.17) is 5.11 Å². The number of fused-ring (bicyclic) bond motifs is 1. The van der Waals surface area contributed by atoms with Gasteiger partial charge in [-0.3, -0.25) is 0 Å². The van der Waals surface area contributed by atoms with Crippen LogP contribution in [0, 0.1) is 6.92 Å². The fraction of sp³-hybridized carbons (Fsp3) is 0.407. The summed E-state index contributed by atoms with van der Waals surface area (Å²) in [6.45, 7) is 13.9. The Kier molecular flexibility index (Phi) is 5.68. The Bertz CT molecular complexity index is 925. The van der Waals surface area contributed by atoms with Crippen molar-refractivity contribution in [3.8, 4) is 11.1 Å². The smallest absolute Gasteiger partial charge is 0.0617 e. The lowest BCUT2D eigenvalue weighted by atomic mass is 9.62. The number of aliphatic hydroxyl groups excluding tert-OH is 1. The van der Waals surface area contributed by atoms with E-state index in [-0.39, 0.29) is 17.4 Å². The molecule has 1 aliphatic carbocycles. The number of allylic oxidation sites excluding steroid dienone is 2. The van der Waals surface area contributed by atoms with Gasteiger partial charge < -0.3 is 5.11 Å². The topological polar surface area (TPSA) is 20.2 Å². The second-order valence-electron chi connectivity index (χ2n) is 9.53. The van der Waals surface area contributed by atoms with Gasteiger partial charge in [0, 0.05) is 0 Å². The second kappa shape index (κ2) is 7.72. The van der Waals surface area contributed by atoms with Gasteiger partial charge in [0.15, 0.2) is 0 Å². The molecule has 0 bridgehead atoms. The molecule has 0 aliphatic heterocycles. The molecule has 1 heteroatoms. The number of hydrogen-bond acceptors (Lipinski definition) is 1. The zero-order valence-corrected chi connectivity index (χ0v) is 18.3. The van der Waals surface area contributed by atoms with E-state index in [9.17, 15) is 0 Å². The number of hydrogen-bond donors (Lipinski definition) is 1. The summed E-state index contributed by atoms with van der Waals surface area (Å²) in [6.07, 6.45) is 8.53. The summed E-state index contributed by atoms with van der Waals surface area (Å²) >= 11 is 0. The molecule has 0 saturated heterocycles. The number of rotatable bonds is 4. The van der Waals surface area contributed by atoms with Gasteiger partial charge in [-0.25, -0.2) is 0 Å². The molecule has 1 nitrogen and oxygen atoms in total. The molecule has 0 aromatic heterocycles. The molecule has 1 aliphatic rings. The van der Waals surface area contributed by atoms with Gasteiger partial charge in [0.1, 0.15) is 0 Å². The fourth-order valence-corrected chi connectivity index (χ4v) is 4.33. The first-order valence-electron chi connectivity index (χ1n) is 10.4. The molecule has 3 rings (SSSR count). The van der Waals surface area contributed by atoms with Crippen molar-refractivity contribution in [1.29, 1.82) is 0 Å². The summed E-state index contributed by atoms with van der Waals surface area (Å²) in [7, 11) is 0. The van der Waals surface area contributed by atoms with E-state index in [2.05, 4.69) is 83.2 Å². The van der Waals surface area contributed by atoms with Crippen LogP contribution < -0.4 is 0 Å². The highest BCUT2D eigenvalue weighted by molar-refractivity contribution is 5.79. The fourth-order valence-electron chi connectivity index (χ4n) is 4.33. The third-order valence-corrected chi connectivity index (χ3v) is 6.39. The van der Waals surface area contributed by atoms with Crippen molar-refractivity contribution in [1.82, 2.24) is 0 Å².